The van der Waals surface area contributed by atoms with Crippen LogP contribution < -0.4 is 10.5 Å². The summed E-state index contributed by atoms with van der Waals surface area (Å²) in [5.41, 5.74) is 5.54. The minimum absolute atomic E-state index is 0.126. The van der Waals surface area contributed by atoms with Gasteiger partial charge in [0.25, 0.3) is 5.69 Å². The molecule has 0 saturated carbocycles. The summed E-state index contributed by atoms with van der Waals surface area (Å²) in [7, 11) is 0. The maximum absolute atomic E-state index is 10.8. The molecular formula is C12H19N3O3. The van der Waals surface area contributed by atoms with Crippen LogP contribution in [-0.4, -0.2) is 29.1 Å². The van der Waals surface area contributed by atoms with E-state index in [1.807, 2.05) is 20.8 Å². The van der Waals surface area contributed by atoms with Crippen LogP contribution >= 0.6 is 0 Å². The van der Waals surface area contributed by atoms with Gasteiger partial charge in [-0.05, 0) is 32.1 Å². The van der Waals surface area contributed by atoms with Gasteiger partial charge < -0.3 is 10.5 Å². The van der Waals surface area contributed by atoms with E-state index in [9.17, 15) is 10.1 Å². The second-order valence-corrected chi connectivity index (χ2v) is 3.92. The number of nitrogens with two attached hydrogens (primary N) is 1. The number of hydrogen-bond acceptors (Lipinski definition) is 5. The molecule has 1 atom stereocenters. The van der Waals surface area contributed by atoms with Crippen LogP contribution in [0.1, 0.15) is 20.8 Å². The van der Waals surface area contributed by atoms with Gasteiger partial charge in [0.15, 0.2) is 0 Å². The first kappa shape index (κ1) is 14.2. The van der Waals surface area contributed by atoms with Crippen molar-refractivity contribution in [1.82, 2.24) is 4.90 Å². The molecule has 1 rings (SSSR count). The molecule has 6 nitrogen and oxygen atoms in total. The molecule has 0 amide bonds. The van der Waals surface area contributed by atoms with Crippen molar-refractivity contribution in [3.05, 3.63) is 28.3 Å². The Morgan fingerprint density at radius 3 is 2.56 bits per heavy atom. The highest BCUT2D eigenvalue weighted by molar-refractivity contribution is 5.60. The number of nitro benzene ring substituents is 1. The topological polar surface area (TPSA) is 81.6 Å². The van der Waals surface area contributed by atoms with Gasteiger partial charge in [-0.2, -0.15) is 0 Å². The molecule has 0 spiro atoms. The van der Waals surface area contributed by atoms with Crippen molar-refractivity contribution in [3.63, 3.8) is 0 Å². The summed E-state index contributed by atoms with van der Waals surface area (Å²) < 4.78 is 5.67. The summed E-state index contributed by atoms with van der Waals surface area (Å²) in [6.45, 7) is 7.70. The lowest BCUT2D eigenvalue weighted by Crippen LogP contribution is -2.36. The molecule has 0 aliphatic carbocycles. The maximum atomic E-state index is 10.8. The number of nitrogens with zero attached hydrogens (tertiary/aromatic N) is 2. The van der Waals surface area contributed by atoms with Crippen molar-refractivity contribution in [1.29, 1.82) is 0 Å². The fraction of sp³-hybridized carbons (Fsp3) is 0.500. The summed E-state index contributed by atoms with van der Waals surface area (Å²) >= 11 is 0. The zero-order valence-electron chi connectivity index (χ0n) is 10.9. The van der Waals surface area contributed by atoms with Crippen molar-refractivity contribution in [2.45, 2.75) is 27.0 Å². The summed E-state index contributed by atoms with van der Waals surface area (Å²) in [4.78, 5) is 12.4. The zero-order chi connectivity index (χ0) is 13.7. The van der Waals surface area contributed by atoms with E-state index < -0.39 is 4.92 Å². The standard InChI is InChI=1S/C12H19N3O3/c1-4-14(5-2)9(3)18-10-6-7-11(13)12(8-10)15(16)17/h6-9H,4-5,13H2,1-3H3. The maximum Gasteiger partial charge on any atom is 0.295 e. The third-order valence-corrected chi connectivity index (χ3v) is 2.83. The van der Waals surface area contributed by atoms with Crippen LogP contribution in [0.25, 0.3) is 0 Å². The van der Waals surface area contributed by atoms with Crippen molar-refractivity contribution < 1.29 is 9.66 Å². The van der Waals surface area contributed by atoms with Crippen LogP contribution in [0.2, 0.25) is 0 Å². The van der Waals surface area contributed by atoms with Gasteiger partial charge in [0, 0.05) is 0 Å². The van der Waals surface area contributed by atoms with Crippen molar-refractivity contribution in [3.8, 4) is 5.75 Å². The van der Waals surface area contributed by atoms with Crippen LogP contribution in [0, 0.1) is 10.1 Å². The van der Waals surface area contributed by atoms with E-state index >= 15 is 0 Å². The average Bonchev–Trinajstić information content (AvgIpc) is 2.32. The van der Waals surface area contributed by atoms with Crippen molar-refractivity contribution >= 4 is 11.4 Å². The number of nitrogen functional groups attached to an aromatic ring is 1. The number of rotatable bonds is 6. The third kappa shape index (κ3) is 3.33. The smallest absolute Gasteiger partial charge is 0.295 e. The SMILES string of the molecule is CCN(CC)C(C)Oc1ccc(N)c([N+](=O)[O-])c1. The molecule has 0 aliphatic heterocycles. The molecule has 2 N–H and O–H groups in total. The summed E-state index contributed by atoms with van der Waals surface area (Å²) in [5, 5.41) is 10.8. The molecule has 0 saturated heterocycles. The summed E-state index contributed by atoms with van der Waals surface area (Å²) in [6.07, 6.45) is -0.136. The lowest BCUT2D eigenvalue weighted by molar-refractivity contribution is -0.384. The lowest BCUT2D eigenvalue weighted by atomic mass is 10.2. The summed E-state index contributed by atoms with van der Waals surface area (Å²) in [6, 6.07) is 4.49. The highest BCUT2D eigenvalue weighted by Gasteiger charge is 2.16. The molecule has 0 radical (unpaired) electrons. The Balaban J connectivity index is 2.85. The predicted molar refractivity (Wildman–Crippen MR) is 70.5 cm³/mol. The van der Waals surface area contributed by atoms with Gasteiger partial charge in [0.1, 0.15) is 17.7 Å². The highest BCUT2D eigenvalue weighted by atomic mass is 16.6. The molecule has 1 aromatic carbocycles. The van der Waals surface area contributed by atoms with Crippen molar-refractivity contribution in [2.75, 3.05) is 18.8 Å². The Labute approximate surface area is 106 Å². The highest BCUT2D eigenvalue weighted by Crippen LogP contribution is 2.27. The van der Waals surface area contributed by atoms with E-state index in [-0.39, 0.29) is 17.6 Å². The van der Waals surface area contributed by atoms with Gasteiger partial charge in [-0.3, -0.25) is 15.0 Å². The Morgan fingerprint density at radius 1 is 1.44 bits per heavy atom. The molecule has 0 fully saturated rings. The van der Waals surface area contributed by atoms with Crippen LogP contribution in [0.5, 0.6) is 5.75 Å². The molecular weight excluding hydrogens is 234 g/mol. The third-order valence-electron chi connectivity index (χ3n) is 2.83. The largest absolute Gasteiger partial charge is 0.475 e. The lowest BCUT2D eigenvalue weighted by Gasteiger charge is -2.26. The van der Waals surface area contributed by atoms with Crippen LogP contribution in [0.15, 0.2) is 18.2 Å². The zero-order valence-corrected chi connectivity index (χ0v) is 10.9. The Kier molecular flexibility index (Phi) is 4.91. The Morgan fingerprint density at radius 2 is 2.06 bits per heavy atom. The number of benzene rings is 1. The minimum Gasteiger partial charge on any atom is -0.475 e. The van der Waals surface area contributed by atoms with Gasteiger partial charge >= 0.3 is 0 Å². The first-order valence-corrected chi connectivity index (χ1v) is 5.94. The van der Waals surface area contributed by atoms with Gasteiger partial charge in [0.2, 0.25) is 0 Å². The number of nitro groups is 1. The quantitative estimate of drug-likeness (QED) is 0.364. The van der Waals surface area contributed by atoms with Crippen LogP contribution in [-0.2, 0) is 0 Å². The molecule has 1 aromatic rings. The molecule has 0 aromatic heterocycles. The molecule has 0 bridgehead atoms. The van der Waals surface area contributed by atoms with E-state index in [1.54, 1.807) is 6.07 Å². The predicted octanol–water partition coefficient (Wildman–Crippen LogP) is 2.24. The second-order valence-electron chi connectivity index (χ2n) is 3.92. The number of anilines is 1. The van der Waals surface area contributed by atoms with E-state index in [0.717, 1.165) is 13.1 Å². The van der Waals surface area contributed by atoms with Crippen LogP contribution in [0.3, 0.4) is 0 Å². The van der Waals surface area contributed by atoms with E-state index in [1.165, 1.54) is 12.1 Å². The van der Waals surface area contributed by atoms with Gasteiger partial charge in [0.05, 0.1) is 11.0 Å². The average molecular weight is 253 g/mol. The first-order chi connectivity index (χ1) is 8.49. The van der Waals surface area contributed by atoms with Gasteiger partial charge in [-0.15, -0.1) is 0 Å². The fourth-order valence-corrected chi connectivity index (χ4v) is 1.76. The fourth-order valence-electron chi connectivity index (χ4n) is 1.76. The molecule has 0 heterocycles. The molecule has 0 aliphatic rings. The number of ether oxygens (including phenoxy) is 1. The normalized spacial score (nSPS) is 12.4. The molecule has 18 heavy (non-hydrogen) atoms. The Bertz CT molecular complexity index is 419. The van der Waals surface area contributed by atoms with E-state index in [0.29, 0.717) is 5.75 Å². The number of hydrogen-bond donors (Lipinski definition) is 1. The monoisotopic (exact) mass is 253 g/mol. The van der Waals surface area contributed by atoms with Gasteiger partial charge in [-0.25, -0.2) is 0 Å². The van der Waals surface area contributed by atoms with Crippen LogP contribution in [0.4, 0.5) is 11.4 Å². The molecule has 6 heteroatoms. The van der Waals surface area contributed by atoms with Gasteiger partial charge in [-0.1, -0.05) is 13.8 Å². The first-order valence-electron chi connectivity index (χ1n) is 5.94. The Hall–Kier alpha value is -1.82. The van der Waals surface area contributed by atoms with E-state index in [4.69, 9.17) is 10.5 Å². The summed E-state index contributed by atoms with van der Waals surface area (Å²) in [5.74, 6) is 0.454. The molecule has 100 valence electrons. The minimum atomic E-state index is -0.510. The second kappa shape index (κ2) is 6.20. The van der Waals surface area contributed by atoms with E-state index in [2.05, 4.69) is 4.90 Å². The molecule has 1 unspecified atom stereocenters. The van der Waals surface area contributed by atoms with Crippen molar-refractivity contribution in [2.24, 2.45) is 0 Å².